The molecule has 1 unspecified atom stereocenters. The molecule has 0 radical (unpaired) electrons. The third-order valence-electron chi connectivity index (χ3n) is 4.79. The zero-order valence-corrected chi connectivity index (χ0v) is 13.2. The van der Waals surface area contributed by atoms with Crippen LogP contribution in [0.5, 0.6) is 0 Å². The van der Waals surface area contributed by atoms with Crippen molar-refractivity contribution >= 4 is 16.8 Å². The predicted octanol–water partition coefficient (Wildman–Crippen LogP) is 4.19. The van der Waals surface area contributed by atoms with Crippen molar-refractivity contribution in [1.82, 2.24) is 9.88 Å². The highest BCUT2D eigenvalue weighted by Gasteiger charge is 2.28. The summed E-state index contributed by atoms with van der Waals surface area (Å²) in [6, 6.07) is 6.74. The Morgan fingerprint density at radius 1 is 1.33 bits per heavy atom. The fourth-order valence-corrected chi connectivity index (χ4v) is 3.50. The molecule has 1 aromatic heterocycles. The van der Waals surface area contributed by atoms with Crippen LogP contribution in [0.15, 0.2) is 18.2 Å². The van der Waals surface area contributed by atoms with Gasteiger partial charge in [-0.3, -0.25) is 4.79 Å². The fraction of sp³-hybridized carbons (Fsp3) is 0.500. The molecule has 3 rings (SSSR count). The number of aromatic nitrogens is 1. The molecule has 0 spiro atoms. The van der Waals surface area contributed by atoms with Crippen molar-refractivity contribution in [2.45, 2.75) is 52.5 Å². The van der Waals surface area contributed by atoms with Crippen LogP contribution in [0, 0.1) is 13.8 Å². The van der Waals surface area contributed by atoms with E-state index in [2.05, 4.69) is 41.9 Å². The molecular formula is C18H24N2O. The molecule has 21 heavy (non-hydrogen) atoms. The summed E-state index contributed by atoms with van der Waals surface area (Å²) >= 11 is 0. The smallest absolute Gasteiger partial charge is 0.270 e. The topological polar surface area (TPSA) is 36.1 Å². The third-order valence-corrected chi connectivity index (χ3v) is 4.79. The normalized spacial score (nSPS) is 19.2. The summed E-state index contributed by atoms with van der Waals surface area (Å²) in [5, 5.41) is 1.16. The lowest BCUT2D eigenvalue weighted by Gasteiger charge is -2.35. The minimum Gasteiger partial charge on any atom is -0.350 e. The van der Waals surface area contributed by atoms with Crippen LogP contribution >= 0.6 is 0 Å². The van der Waals surface area contributed by atoms with E-state index in [1.165, 1.54) is 12.0 Å². The second kappa shape index (κ2) is 5.55. The number of hydrogen-bond donors (Lipinski definition) is 1. The number of aryl methyl sites for hydroxylation is 2. The van der Waals surface area contributed by atoms with Gasteiger partial charge >= 0.3 is 0 Å². The largest absolute Gasteiger partial charge is 0.350 e. The average molecular weight is 284 g/mol. The SMILES string of the molecule is CCC1CCCCN1C(=O)c1[nH]c2cc(C)ccc2c1C. The molecule has 1 aromatic carbocycles. The summed E-state index contributed by atoms with van der Waals surface area (Å²) in [4.78, 5) is 18.4. The Morgan fingerprint density at radius 2 is 2.14 bits per heavy atom. The Kier molecular flexibility index (Phi) is 3.75. The Hall–Kier alpha value is -1.77. The van der Waals surface area contributed by atoms with Gasteiger partial charge in [0.25, 0.3) is 5.91 Å². The number of piperidine rings is 1. The lowest BCUT2D eigenvalue weighted by Crippen LogP contribution is -2.43. The number of fused-ring (bicyclic) bond motifs is 1. The molecule has 1 saturated heterocycles. The van der Waals surface area contributed by atoms with Gasteiger partial charge in [-0.25, -0.2) is 0 Å². The summed E-state index contributed by atoms with van der Waals surface area (Å²) < 4.78 is 0. The third kappa shape index (κ3) is 2.45. The molecule has 1 aliphatic rings. The molecule has 3 nitrogen and oxygen atoms in total. The second-order valence-corrected chi connectivity index (χ2v) is 6.23. The maximum absolute atomic E-state index is 12.9. The van der Waals surface area contributed by atoms with Gasteiger partial charge < -0.3 is 9.88 Å². The average Bonchev–Trinajstić information content (AvgIpc) is 2.82. The first kappa shape index (κ1) is 14.2. The first-order chi connectivity index (χ1) is 10.1. The van der Waals surface area contributed by atoms with Crippen molar-refractivity contribution in [2.75, 3.05) is 6.54 Å². The molecular weight excluding hydrogens is 260 g/mol. The highest BCUT2D eigenvalue weighted by atomic mass is 16.2. The van der Waals surface area contributed by atoms with Crippen molar-refractivity contribution in [3.05, 3.63) is 35.0 Å². The molecule has 1 N–H and O–H groups in total. The first-order valence-corrected chi connectivity index (χ1v) is 8.01. The summed E-state index contributed by atoms with van der Waals surface area (Å²) in [6.45, 7) is 7.20. The van der Waals surface area contributed by atoms with Gasteiger partial charge in [0.05, 0.1) is 0 Å². The zero-order valence-electron chi connectivity index (χ0n) is 13.2. The molecule has 2 aromatic rings. The number of likely N-dealkylation sites (tertiary alicyclic amines) is 1. The number of hydrogen-bond acceptors (Lipinski definition) is 1. The van der Waals surface area contributed by atoms with Crippen LogP contribution in [0.25, 0.3) is 10.9 Å². The van der Waals surface area contributed by atoms with Crippen molar-refractivity contribution in [3.8, 4) is 0 Å². The summed E-state index contributed by atoms with van der Waals surface area (Å²) in [5.41, 5.74) is 4.14. The second-order valence-electron chi connectivity index (χ2n) is 6.23. The molecule has 1 fully saturated rings. The van der Waals surface area contributed by atoms with Crippen LogP contribution in [0.4, 0.5) is 0 Å². The van der Waals surface area contributed by atoms with Crippen LogP contribution in [0.3, 0.4) is 0 Å². The Labute approximate surface area is 126 Å². The highest BCUT2D eigenvalue weighted by Crippen LogP contribution is 2.27. The molecule has 1 atom stereocenters. The standard InChI is InChI=1S/C18H24N2O/c1-4-14-7-5-6-10-20(14)18(21)17-13(3)15-9-8-12(2)11-16(15)19-17/h8-9,11,14,19H,4-7,10H2,1-3H3. The van der Waals surface area contributed by atoms with Gasteiger partial charge in [0.2, 0.25) is 0 Å². The lowest BCUT2D eigenvalue weighted by molar-refractivity contribution is 0.0602. The van der Waals surface area contributed by atoms with Gasteiger partial charge in [-0.1, -0.05) is 19.1 Å². The van der Waals surface area contributed by atoms with E-state index in [0.29, 0.717) is 6.04 Å². The van der Waals surface area contributed by atoms with E-state index in [4.69, 9.17) is 0 Å². The molecule has 2 heterocycles. The number of amides is 1. The molecule has 1 amide bonds. The van der Waals surface area contributed by atoms with Gasteiger partial charge in [-0.05, 0) is 56.7 Å². The van der Waals surface area contributed by atoms with Crippen LogP contribution in [0.1, 0.15) is 54.2 Å². The Balaban J connectivity index is 1.99. The number of H-pyrrole nitrogens is 1. The number of carbonyl (C=O) groups excluding carboxylic acids is 1. The van der Waals surface area contributed by atoms with Gasteiger partial charge in [-0.2, -0.15) is 0 Å². The van der Waals surface area contributed by atoms with Crippen LogP contribution in [-0.4, -0.2) is 28.4 Å². The molecule has 112 valence electrons. The molecule has 3 heteroatoms. The number of carbonyl (C=O) groups is 1. The van der Waals surface area contributed by atoms with E-state index in [9.17, 15) is 4.79 Å². The molecule has 0 bridgehead atoms. The summed E-state index contributed by atoms with van der Waals surface area (Å²) in [5.74, 6) is 0.174. The van der Waals surface area contributed by atoms with Crippen molar-refractivity contribution in [1.29, 1.82) is 0 Å². The summed E-state index contributed by atoms with van der Waals surface area (Å²) in [6.07, 6.45) is 4.55. The molecule has 1 aliphatic heterocycles. The van der Waals surface area contributed by atoms with Gasteiger partial charge in [0.15, 0.2) is 0 Å². The van der Waals surface area contributed by atoms with Gasteiger partial charge in [0, 0.05) is 23.5 Å². The van der Waals surface area contributed by atoms with E-state index < -0.39 is 0 Å². The van der Waals surface area contributed by atoms with E-state index in [-0.39, 0.29) is 5.91 Å². The minimum atomic E-state index is 0.174. The number of rotatable bonds is 2. The minimum absolute atomic E-state index is 0.174. The highest BCUT2D eigenvalue weighted by molar-refractivity contribution is 6.01. The summed E-state index contributed by atoms with van der Waals surface area (Å²) in [7, 11) is 0. The van der Waals surface area contributed by atoms with Crippen LogP contribution in [-0.2, 0) is 0 Å². The van der Waals surface area contributed by atoms with Crippen LogP contribution < -0.4 is 0 Å². The Bertz CT molecular complexity index is 671. The molecule has 0 aliphatic carbocycles. The molecule has 0 saturated carbocycles. The van der Waals surface area contributed by atoms with E-state index in [0.717, 1.165) is 48.0 Å². The number of aromatic amines is 1. The van der Waals surface area contributed by atoms with Crippen molar-refractivity contribution in [3.63, 3.8) is 0 Å². The van der Waals surface area contributed by atoms with E-state index >= 15 is 0 Å². The van der Waals surface area contributed by atoms with Gasteiger partial charge in [-0.15, -0.1) is 0 Å². The monoisotopic (exact) mass is 284 g/mol. The number of nitrogens with one attached hydrogen (secondary N) is 1. The van der Waals surface area contributed by atoms with Gasteiger partial charge in [0.1, 0.15) is 5.69 Å². The van der Waals surface area contributed by atoms with E-state index in [1.54, 1.807) is 0 Å². The first-order valence-electron chi connectivity index (χ1n) is 8.01. The zero-order chi connectivity index (χ0) is 15.0. The lowest BCUT2D eigenvalue weighted by atomic mass is 9.99. The predicted molar refractivity (Wildman–Crippen MR) is 86.7 cm³/mol. The van der Waals surface area contributed by atoms with Crippen molar-refractivity contribution < 1.29 is 4.79 Å². The quantitative estimate of drug-likeness (QED) is 0.882. The Morgan fingerprint density at radius 3 is 2.90 bits per heavy atom. The number of nitrogens with zero attached hydrogens (tertiary/aromatic N) is 1. The maximum atomic E-state index is 12.9. The fourth-order valence-electron chi connectivity index (χ4n) is 3.50. The van der Waals surface area contributed by atoms with Crippen LogP contribution in [0.2, 0.25) is 0 Å². The number of benzene rings is 1. The maximum Gasteiger partial charge on any atom is 0.270 e. The van der Waals surface area contributed by atoms with Crippen molar-refractivity contribution in [2.24, 2.45) is 0 Å². The van der Waals surface area contributed by atoms with E-state index in [1.807, 2.05) is 6.92 Å².